The summed E-state index contributed by atoms with van der Waals surface area (Å²) in [5, 5.41) is 4.59. The third-order valence-electron chi connectivity index (χ3n) is 5.23. The summed E-state index contributed by atoms with van der Waals surface area (Å²) >= 11 is 1.10. The van der Waals surface area contributed by atoms with E-state index in [1.165, 1.54) is 6.07 Å². The highest BCUT2D eigenvalue weighted by molar-refractivity contribution is 8.01. The number of fused-ring (bicyclic) bond motifs is 1. The molecule has 1 saturated heterocycles. The van der Waals surface area contributed by atoms with Crippen LogP contribution in [0.2, 0.25) is 0 Å². The van der Waals surface area contributed by atoms with Crippen molar-refractivity contribution in [2.24, 2.45) is 0 Å². The molecule has 0 aliphatic carbocycles. The third-order valence-corrected chi connectivity index (χ3v) is 6.50. The maximum Gasteiger partial charge on any atom is 0.416 e. The molecule has 1 aromatic heterocycles. The Morgan fingerprint density at radius 1 is 1.23 bits per heavy atom. The molecule has 2 amide bonds. The SMILES string of the molecule is O=C(CC1Sc2ccc(C(F)(F)F)cc2NC1=O)NCc1ccnc(N2CCCC2)c1. The third kappa shape index (κ3) is 5.12. The van der Waals surface area contributed by atoms with Gasteiger partial charge in [0.05, 0.1) is 16.5 Å². The molecule has 0 saturated carbocycles. The lowest BCUT2D eigenvalue weighted by Gasteiger charge is -2.24. The van der Waals surface area contributed by atoms with Crippen molar-refractivity contribution >= 4 is 35.1 Å². The predicted molar refractivity (Wildman–Crippen MR) is 112 cm³/mol. The molecule has 2 N–H and O–H groups in total. The predicted octanol–water partition coefficient (Wildman–Crippen LogP) is 3.82. The molecule has 2 aliphatic heterocycles. The van der Waals surface area contributed by atoms with Crippen molar-refractivity contribution in [3.05, 3.63) is 47.7 Å². The summed E-state index contributed by atoms with van der Waals surface area (Å²) in [6.07, 6.45) is -0.551. The first-order valence-corrected chi connectivity index (χ1v) is 10.8. The van der Waals surface area contributed by atoms with E-state index in [9.17, 15) is 22.8 Å². The number of alkyl halides is 3. The second kappa shape index (κ2) is 8.78. The zero-order chi connectivity index (χ0) is 22.0. The molecule has 164 valence electrons. The van der Waals surface area contributed by atoms with Gasteiger partial charge in [-0.1, -0.05) is 0 Å². The normalized spacial score (nSPS) is 18.5. The Morgan fingerprint density at radius 2 is 2.00 bits per heavy atom. The molecule has 1 atom stereocenters. The molecule has 10 heteroatoms. The number of thioether (sulfide) groups is 1. The smallest absolute Gasteiger partial charge is 0.357 e. The zero-order valence-corrected chi connectivity index (χ0v) is 17.4. The van der Waals surface area contributed by atoms with Crippen LogP contribution < -0.4 is 15.5 Å². The van der Waals surface area contributed by atoms with Gasteiger partial charge in [-0.05, 0) is 48.7 Å². The number of pyridine rings is 1. The lowest BCUT2D eigenvalue weighted by atomic mass is 10.1. The van der Waals surface area contributed by atoms with Gasteiger partial charge in [-0.25, -0.2) is 4.98 Å². The minimum absolute atomic E-state index is 0.0684. The van der Waals surface area contributed by atoms with Crippen molar-refractivity contribution in [1.29, 1.82) is 0 Å². The Hall–Kier alpha value is -2.75. The van der Waals surface area contributed by atoms with Gasteiger partial charge in [0.2, 0.25) is 11.8 Å². The summed E-state index contributed by atoms with van der Waals surface area (Å²) < 4.78 is 38.6. The summed E-state index contributed by atoms with van der Waals surface area (Å²) in [5.74, 6) is 0.107. The van der Waals surface area contributed by atoms with Crippen molar-refractivity contribution in [2.75, 3.05) is 23.3 Å². The van der Waals surface area contributed by atoms with Gasteiger partial charge in [-0.15, -0.1) is 11.8 Å². The minimum atomic E-state index is -4.48. The largest absolute Gasteiger partial charge is 0.416 e. The number of halogens is 3. The fourth-order valence-corrected chi connectivity index (χ4v) is 4.68. The number of aromatic nitrogens is 1. The number of benzene rings is 1. The monoisotopic (exact) mass is 450 g/mol. The highest BCUT2D eigenvalue weighted by atomic mass is 32.2. The number of carbonyl (C=O) groups is 2. The second-order valence-electron chi connectivity index (χ2n) is 7.50. The molecule has 0 radical (unpaired) electrons. The van der Waals surface area contributed by atoms with E-state index in [1.807, 2.05) is 12.1 Å². The first kappa shape index (κ1) is 21.5. The maximum absolute atomic E-state index is 12.9. The van der Waals surface area contributed by atoms with Crippen LogP contribution in [-0.2, 0) is 22.3 Å². The molecule has 4 rings (SSSR count). The molecule has 0 bridgehead atoms. The average molecular weight is 450 g/mol. The number of anilines is 2. The van der Waals surface area contributed by atoms with E-state index in [0.717, 1.165) is 61.2 Å². The van der Waals surface area contributed by atoms with E-state index in [1.54, 1.807) is 6.20 Å². The van der Waals surface area contributed by atoms with E-state index in [0.29, 0.717) is 11.4 Å². The lowest BCUT2D eigenvalue weighted by molar-refractivity contribution is -0.137. The zero-order valence-electron chi connectivity index (χ0n) is 16.5. The molecule has 1 aromatic carbocycles. The van der Waals surface area contributed by atoms with Gasteiger partial charge in [0, 0.05) is 37.1 Å². The number of nitrogens with zero attached hydrogens (tertiary/aromatic N) is 2. The Bertz CT molecular complexity index is 993. The van der Waals surface area contributed by atoms with Crippen LogP contribution in [0.25, 0.3) is 0 Å². The summed E-state index contributed by atoms with van der Waals surface area (Å²) in [7, 11) is 0. The molecular formula is C21H21F3N4O2S. The first-order valence-electron chi connectivity index (χ1n) is 9.95. The molecule has 6 nitrogen and oxygen atoms in total. The standard InChI is InChI=1S/C21H21F3N4O2S/c22-21(23,24)14-3-4-16-15(10-14)27-20(30)17(31-16)11-19(29)26-12-13-5-6-25-18(9-13)28-7-1-2-8-28/h3-6,9-10,17H,1-2,7-8,11-12H2,(H,26,29)(H,27,30). The summed E-state index contributed by atoms with van der Waals surface area (Å²) in [4.78, 5) is 31.8. The van der Waals surface area contributed by atoms with Crippen LogP contribution in [0.4, 0.5) is 24.7 Å². The van der Waals surface area contributed by atoms with Gasteiger partial charge in [-0.3, -0.25) is 9.59 Å². The van der Waals surface area contributed by atoms with Crippen LogP contribution in [0.3, 0.4) is 0 Å². The number of rotatable bonds is 5. The lowest BCUT2D eigenvalue weighted by Crippen LogP contribution is -2.34. The van der Waals surface area contributed by atoms with Gasteiger partial charge < -0.3 is 15.5 Å². The van der Waals surface area contributed by atoms with E-state index >= 15 is 0 Å². The maximum atomic E-state index is 12.9. The van der Waals surface area contributed by atoms with E-state index in [4.69, 9.17) is 0 Å². The molecule has 31 heavy (non-hydrogen) atoms. The average Bonchev–Trinajstić information content (AvgIpc) is 3.27. The number of nitrogens with one attached hydrogen (secondary N) is 2. The quantitative estimate of drug-likeness (QED) is 0.725. The number of hydrogen-bond donors (Lipinski definition) is 2. The van der Waals surface area contributed by atoms with Crippen LogP contribution in [0.1, 0.15) is 30.4 Å². The highest BCUT2D eigenvalue weighted by Gasteiger charge is 2.34. The van der Waals surface area contributed by atoms with Gasteiger partial charge in [-0.2, -0.15) is 13.2 Å². The van der Waals surface area contributed by atoms with Crippen molar-refractivity contribution < 1.29 is 22.8 Å². The summed E-state index contributed by atoms with van der Waals surface area (Å²) in [6, 6.07) is 6.99. The first-order chi connectivity index (χ1) is 14.8. The number of carbonyl (C=O) groups excluding carboxylic acids is 2. The van der Waals surface area contributed by atoms with Crippen LogP contribution in [-0.4, -0.2) is 35.1 Å². The topological polar surface area (TPSA) is 74.3 Å². The summed E-state index contributed by atoms with van der Waals surface area (Å²) in [6.45, 7) is 2.26. The van der Waals surface area contributed by atoms with E-state index in [-0.39, 0.29) is 18.0 Å². The van der Waals surface area contributed by atoms with Gasteiger partial charge in [0.25, 0.3) is 0 Å². The Labute approximate surface area is 181 Å². The summed E-state index contributed by atoms with van der Waals surface area (Å²) in [5.41, 5.74) is 0.206. The van der Waals surface area contributed by atoms with Crippen LogP contribution in [0.5, 0.6) is 0 Å². The fourth-order valence-electron chi connectivity index (χ4n) is 3.59. The highest BCUT2D eigenvalue weighted by Crippen LogP contribution is 2.40. The molecule has 2 aromatic rings. The van der Waals surface area contributed by atoms with Gasteiger partial charge in [0.15, 0.2) is 0 Å². The van der Waals surface area contributed by atoms with E-state index in [2.05, 4.69) is 20.5 Å². The second-order valence-corrected chi connectivity index (χ2v) is 8.75. The molecule has 3 heterocycles. The Kier molecular flexibility index (Phi) is 6.08. The number of hydrogen-bond acceptors (Lipinski definition) is 5. The van der Waals surface area contributed by atoms with Crippen molar-refractivity contribution in [1.82, 2.24) is 10.3 Å². The molecular weight excluding hydrogens is 429 g/mol. The van der Waals surface area contributed by atoms with Crippen LogP contribution >= 0.6 is 11.8 Å². The van der Waals surface area contributed by atoms with Crippen molar-refractivity contribution in [3.63, 3.8) is 0 Å². The molecule has 0 spiro atoms. The minimum Gasteiger partial charge on any atom is -0.357 e. The molecule has 1 unspecified atom stereocenters. The van der Waals surface area contributed by atoms with Crippen LogP contribution in [0.15, 0.2) is 41.4 Å². The van der Waals surface area contributed by atoms with Crippen LogP contribution in [0, 0.1) is 0 Å². The van der Waals surface area contributed by atoms with Gasteiger partial charge in [0.1, 0.15) is 5.82 Å². The van der Waals surface area contributed by atoms with Crippen molar-refractivity contribution in [3.8, 4) is 0 Å². The molecule has 1 fully saturated rings. The Balaban J connectivity index is 1.34. The van der Waals surface area contributed by atoms with Crippen molar-refractivity contribution in [2.45, 2.75) is 42.1 Å². The number of amides is 2. The van der Waals surface area contributed by atoms with E-state index < -0.39 is 22.9 Å². The Morgan fingerprint density at radius 3 is 2.74 bits per heavy atom. The van der Waals surface area contributed by atoms with Gasteiger partial charge >= 0.3 is 6.18 Å². The molecule has 2 aliphatic rings. The fraction of sp³-hybridized carbons (Fsp3) is 0.381.